The number of aryl methyl sites for hydroxylation is 1. The van der Waals surface area contributed by atoms with Gasteiger partial charge >= 0.3 is 0 Å². The monoisotopic (exact) mass is 443 g/mol. The van der Waals surface area contributed by atoms with E-state index in [1.54, 1.807) is 18.2 Å². The molecule has 0 aliphatic carbocycles. The van der Waals surface area contributed by atoms with E-state index in [0.29, 0.717) is 25.6 Å². The molecule has 0 aliphatic rings. The van der Waals surface area contributed by atoms with Gasteiger partial charge in [0.2, 0.25) is 0 Å². The second-order valence-corrected chi connectivity index (χ2v) is 8.08. The summed E-state index contributed by atoms with van der Waals surface area (Å²) < 4.78 is 0.872. The maximum atomic E-state index is 12.4. The van der Waals surface area contributed by atoms with Crippen molar-refractivity contribution in [2.75, 3.05) is 5.32 Å². The molecule has 0 bridgehead atoms. The zero-order valence-corrected chi connectivity index (χ0v) is 17.2. The van der Waals surface area contributed by atoms with E-state index in [0.717, 1.165) is 15.6 Å². The second-order valence-electron chi connectivity index (χ2n) is 5.40. The van der Waals surface area contributed by atoms with Gasteiger partial charge in [0, 0.05) is 15.1 Å². The fourth-order valence-corrected chi connectivity index (χ4v) is 4.13. The van der Waals surface area contributed by atoms with Crippen LogP contribution in [0.15, 0.2) is 36.4 Å². The molecule has 134 valence electrons. The third kappa shape index (κ3) is 4.22. The van der Waals surface area contributed by atoms with Gasteiger partial charge in [-0.25, -0.2) is 0 Å². The Labute approximate surface area is 174 Å². The van der Waals surface area contributed by atoms with E-state index in [1.165, 1.54) is 11.3 Å². The van der Waals surface area contributed by atoms with Crippen LogP contribution in [-0.4, -0.2) is 11.0 Å². The molecule has 9 heteroatoms. The van der Waals surface area contributed by atoms with Crippen LogP contribution >= 0.6 is 58.4 Å². The Bertz CT molecular complexity index is 1020. The van der Waals surface area contributed by atoms with Gasteiger partial charge < -0.3 is 5.32 Å². The highest BCUT2D eigenvalue weighted by Crippen LogP contribution is 2.36. The summed E-state index contributed by atoms with van der Waals surface area (Å²) in [6, 6.07) is 10.8. The lowest BCUT2D eigenvalue weighted by atomic mass is 10.2. The molecule has 3 N–H and O–H groups in total. The molecule has 4 nitrogen and oxygen atoms in total. The molecule has 0 fully saturated rings. The molecule has 0 radical (unpaired) electrons. The quantitative estimate of drug-likeness (QED) is 0.345. The summed E-state index contributed by atoms with van der Waals surface area (Å²) in [6.45, 7) is 1.94. The van der Waals surface area contributed by atoms with Crippen LogP contribution in [0.25, 0.3) is 10.1 Å². The molecule has 0 aliphatic heterocycles. The minimum Gasteiger partial charge on any atom is -0.330 e. The van der Waals surface area contributed by atoms with Crippen LogP contribution in [0.2, 0.25) is 15.1 Å². The fraction of sp³-hybridized carbons (Fsp3) is 0.0588. The van der Waals surface area contributed by atoms with Gasteiger partial charge in [-0.05, 0) is 55.0 Å². The number of halogens is 3. The van der Waals surface area contributed by atoms with Crippen molar-refractivity contribution in [1.29, 1.82) is 0 Å². The van der Waals surface area contributed by atoms with E-state index in [9.17, 15) is 4.79 Å². The summed E-state index contributed by atoms with van der Waals surface area (Å²) in [5.74, 6) is -0.396. The van der Waals surface area contributed by atoms with E-state index in [2.05, 4.69) is 16.2 Å². The first-order valence-electron chi connectivity index (χ1n) is 7.36. The Morgan fingerprint density at radius 3 is 2.62 bits per heavy atom. The maximum Gasteiger partial charge on any atom is 0.281 e. The normalized spacial score (nSPS) is 10.6. The molecule has 1 aromatic heterocycles. The molecule has 26 heavy (non-hydrogen) atoms. The number of rotatable bonds is 2. The molecule has 0 unspecified atom stereocenters. The number of fused-ring (bicyclic) bond motifs is 1. The zero-order valence-electron chi connectivity index (χ0n) is 13.3. The largest absolute Gasteiger partial charge is 0.330 e. The molecule has 0 spiro atoms. The molecule has 0 saturated heterocycles. The fourth-order valence-electron chi connectivity index (χ4n) is 2.24. The predicted molar refractivity (Wildman–Crippen MR) is 115 cm³/mol. The lowest BCUT2D eigenvalue weighted by Crippen LogP contribution is -2.43. The van der Waals surface area contributed by atoms with Crippen LogP contribution in [0, 0.1) is 6.92 Å². The minimum absolute atomic E-state index is 0.200. The number of thiocarbonyl (C=S) groups is 1. The summed E-state index contributed by atoms with van der Waals surface area (Å²) >= 11 is 24.9. The van der Waals surface area contributed by atoms with Crippen molar-refractivity contribution in [3.8, 4) is 0 Å². The number of benzene rings is 2. The average molecular weight is 445 g/mol. The van der Waals surface area contributed by atoms with Gasteiger partial charge in [0.25, 0.3) is 5.91 Å². The summed E-state index contributed by atoms with van der Waals surface area (Å²) in [5, 5.41) is 5.31. The summed E-state index contributed by atoms with van der Waals surface area (Å²) in [7, 11) is 0. The number of carbonyl (C=O) groups excluding carboxylic acids is 1. The molecule has 1 amide bonds. The Hall–Kier alpha value is -1.57. The highest BCUT2D eigenvalue weighted by molar-refractivity contribution is 7.80. The maximum absolute atomic E-state index is 12.4. The van der Waals surface area contributed by atoms with Crippen LogP contribution in [0.3, 0.4) is 0 Å². The molecule has 1 heterocycles. The van der Waals surface area contributed by atoms with Crippen molar-refractivity contribution in [3.63, 3.8) is 0 Å². The van der Waals surface area contributed by atoms with Gasteiger partial charge in [-0.1, -0.05) is 40.9 Å². The smallest absolute Gasteiger partial charge is 0.281 e. The zero-order chi connectivity index (χ0) is 18.8. The van der Waals surface area contributed by atoms with Crippen LogP contribution in [-0.2, 0) is 0 Å². The number of hydrogen-bond donors (Lipinski definition) is 3. The summed E-state index contributed by atoms with van der Waals surface area (Å²) in [6.07, 6.45) is 0. The lowest BCUT2D eigenvalue weighted by molar-refractivity contribution is 0.0948. The first-order chi connectivity index (χ1) is 12.3. The van der Waals surface area contributed by atoms with E-state index >= 15 is 0 Å². The molecule has 0 atom stereocenters. The van der Waals surface area contributed by atoms with Gasteiger partial charge in [-0.2, -0.15) is 0 Å². The highest BCUT2D eigenvalue weighted by Gasteiger charge is 2.17. The number of hydrogen-bond acceptors (Lipinski definition) is 3. The number of nitrogens with one attached hydrogen (secondary N) is 3. The molecular weight excluding hydrogens is 433 g/mol. The molecule has 3 aromatic rings. The van der Waals surface area contributed by atoms with Crippen molar-refractivity contribution in [3.05, 3.63) is 61.9 Å². The number of anilines is 1. The van der Waals surface area contributed by atoms with E-state index in [-0.39, 0.29) is 5.11 Å². The predicted octanol–water partition coefficient (Wildman–Crippen LogP) is 5.80. The van der Waals surface area contributed by atoms with E-state index < -0.39 is 5.91 Å². The first-order valence-corrected chi connectivity index (χ1v) is 9.72. The van der Waals surface area contributed by atoms with Crippen LogP contribution in [0.1, 0.15) is 15.2 Å². The number of amides is 1. The van der Waals surface area contributed by atoms with E-state index in [1.807, 2.05) is 25.1 Å². The topological polar surface area (TPSA) is 53.2 Å². The average Bonchev–Trinajstić information content (AvgIpc) is 2.92. The summed E-state index contributed by atoms with van der Waals surface area (Å²) in [4.78, 5) is 12.8. The second kappa shape index (κ2) is 7.98. The SMILES string of the molecule is Cc1ccc(Cl)c(NC(=S)NNC(=O)c2sc3ccc(Cl)cc3c2Cl)c1. The lowest BCUT2D eigenvalue weighted by Gasteiger charge is -2.12. The van der Waals surface area contributed by atoms with E-state index in [4.69, 9.17) is 47.0 Å². The highest BCUT2D eigenvalue weighted by atomic mass is 35.5. The van der Waals surface area contributed by atoms with Crippen molar-refractivity contribution in [1.82, 2.24) is 10.9 Å². The molecule has 0 saturated carbocycles. The van der Waals surface area contributed by atoms with Crippen molar-refractivity contribution >= 4 is 85.2 Å². The minimum atomic E-state index is -0.396. The summed E-state index contributed by atoms with van der Waals surface area (Å²) in [5.41, 5.74) is 6.84. The van der Waals surface area contributed by atoms with Gasteiger partial charge in [0.15, 0.2) is 5.11 Å². The van der Waals surface area contributed by atoms with Gasteiger partial charge in [-0.15, -0.1) is 11.3 Å². The van der Waals surface area contributed by atoms with Crippen molar-refractivity contribution in [2.24, 2.45) is 0 Å². The Kier molecular flexibility index (Phi) is 5.89. The van der Waals surface area contributed by atoms with Crippen LogP contribution in [0.4, 0.5) is 5.69 Å². The number of thiophene rings is 1. The molecular formula is C17H12Cl3N3OS2. The third-order valence-corrected chi connectivity index (χ3v) is 5.90. The molecule has 2 aromatic carbocycles. The Balaban J connectivity index is 1.68. The number of hydrazine groups is 1. The van der Waals surface area contributed by atoms with Crippen molar-refractivity contribution in [2.45, 2.75) is 6.92 Å². The number of carbonyl (C=O) groups is 1. The Morgan fingerprint density at radius 2 is 1.85 bits per heavy atom. The van der Waals surface area contributed by atoms with Gasteiger partial charge in [-0.3, -0.25) is 15.6 Å². The van der Waals surface area contributed by atoms with Crippen LogP contribution in [0.5, 0.6) is 0 Å². The van der Waals surface area contributed by atoms with Crippen molar-refractivity contribution < 1.29 is 4.79 Å². The third-order valence-electron chi connectivity index (χ3n) is 3.46. The Morgan fingerprint density at radius 1 is 1.08 bits per heavy atom. The van der Waals surface area contributed by atoms with Gasteiger partial charge in [0.1, 0.15) is 4.88 Å². The standard InChI is InChI=1S/C17H12Cl3N3OS2/c1-8-2-4-11(19)12(6-8)21-17(25)23-22-16(24)15-14(20)10-7-9(18)3-5-13(10)26-15/h2-7H,1H3,(H,22,24)(H2,21,23,25). The van der Waals surface area contributed by atoms with Crippen LogP contribution < -0.4 is 16.2 Å². The van der Waals surface area contributed by atoms with Gasteiger partial charge in [0.05, 0.1) is 15.7 Å². The first kappa shape index (κ1) is 19.2. The molecule has 3 rings (SSSR count).